The first-order valence-electron chi connectivity index (χ1n) is 8.72. The van der Waals surface area contributed by atoms with Gasteiger partial charge < -0.3 is 27.2 Å². The summed E-state index contributed by atoms with van der Waals surface area (Å²) in [6.45, 7) is 1.77. The van der Waals surface area contributed by atoms with Gasteiger partial charge in [0, 0.05) is 40.3 Å². The first kappa shape index (κ1) is 24.9. The molecule has 0 unspecified atom stereocenters. The number of benzene rings is 1. The first-order chi connectivity index (χ1) is 14.7. The lowest BCUT2D eigenvalue weighted by Gasteiger charge is -2.18. The second-order valence-electron chi connectivity index (χ2n) is 5.64. The Morgan fingerprint density at radius 2 is 1.74 bits per heavy atom. The van der Waals surface area contributed by atoms with Crippen LogP contribution in [0.4, 0.5) is 5.69 Å². The number of hydrogen-bond acceptors (Lipinski definition) is 11. The number of nitro groups is 1. The predicted octanol–water partition coefficient (Wildman–Crippen LogP) is 4.92. The second-order valence-corrected chi connectivity index (χ2v) is 9.92. The maximum atomic E-state index is 13.2. The summed E-state index contributed by atoms with van der Waals surface area (Å²) < 4.78 is 56.9. The molecule has 0 saturated heterocycles. The van der Waals surface area contributed by atoms with Gasteiger partial charge in [-0.3, -0.25) is 19.2 Å². The number of aromatic nitrogens is 1. The van der Waals surface area contributed by atoms with Crippen LogP contribution >= 0.6 is 15.2 Å². The monoisotopic (exact) mass is 476 g/mol. The molecule has 0 saturated carbocycles. The van der Waals surface area contributed by atoms with Crippen molar-refractivity contribution in [1.29, 1.82) is 0 Å². The van der Waals surface area contributed by atoms with Crippen molar-refractivity contribution in [2.75, 3.05) is 35.0 Å². The number of nitrogens with zero attached hydrogens (tertiary/aromatic N) is 2. The third-order valence-electron chi connectivity index (χ3n) is 4.01. The van der Waals surface area contributed by atoms with Crippen LogP contribution in [0.15, 0.2) is 34.5 Å². The molecule has 170 valence electrons. The number of ether oxygens (including phenoxy) is 1. The molecule has 0 aliphatic rings. The molecule has 1 aromatic carbocycles. The Morgan fingerprint density at radius 1 is 1.13 bits per heavy atom. The van der Waals surface area contributed by atoms with E-state index in [2.05, 4.69) is 4.98 Å². The molecule has 1 heterocycles. The van der Waals surface area contributed by atoms with Crippen molar-refractivity contribution in [3.05, 3.63) is 45.9 Å². The molecule has 0 amide bonds. The van der Waals surface area contributed by atoms with Gasteiger partial charge in [-0.05, 0) is 13.0 Å². The van der Waals surface area contributed by atoms with Crippen LogP contribution < -0.4 is 4.74 Å². The molecule has 0 bridgehead atoms. The average Bonchev–Trinajstić information content (AvgIpc) is 3.20. The zero-order chi connectivity index (χ0) is 23.2. The van der Waals surface area contributed by atoms with E-state index in [1.54, 1.807) is 13.0 Å². The SMILES string of the molecule is CCOc1oc(-c2ccccc2[N+](=O)[O-])nc1/C(=C/P(=O)(OC)OC)P(=O)(OC)OC. The summed E-state index contributed by atoms with van der Waals surface area (Å²) in [7, 11) is -3.50. The normalized spacial score (nSPS) is 12.7. The van der Waals surface area contributed by atoms with E-state index in [0.717, 1.165) is 34.3 Å². The molecule has 1 aromatic heterocycles. The minimum atomic E-state index is -4.10. The van der Waals surface area contributed by atoms with Gasteiger partial charge in [-0.1, -0.05) is 12.1 Å². The third kappa shape index (κ3) is 5.30. The van der Waals surface area contributed by atoms with Crippen molar-refractivity contribution in [2.45, 2.75) is 6.92 Å². The number of para-hydroxylation sites is 1. The molecule has 0 aliphatic heterocycles. The van der Waals surface area contributed by atoms with Gasteiger partial charge >= 0.3 is 21.1 Å². The van der Waals surface area contributed by atoms with E-state index in [9.17, 15) is 19.2 Å². The minimum absolute atomic E-state index is 0.0467. The molecular formula is C17H22N2O10P2. The lowest BCUT2D eigenvalue weighted by atomic mass is 10.2. The van der Waals surface area contributed by atoms with Gasteiger partial charge in [-0.15, -0.1) is 0 Å². The Balaban J connectivity index is 2.84. The smallest absolute Gasteiger partial charge is 0.363 e. The summed E-state index contributed by atoms with van der Waals surface area (Å²) in [6, 6.07) is 5.74. The van der Waals surface area contributed by atoms with Gasteiger partial charge in [0.2, 0.25) is 5.89 Å². The third-order valence-corrected chi connectivity index (χ3v) is 7.70. The number of oxazole rings is 1. The fourth-order valence-corrected chi connectivity index (χ4v) is 5.20. The number of nitro benzene ring substituents is 1. The Bertz CT molecular complexity index is 1050. The van der Waals surface area contributed by atoms with Crippen LogP contribution in [0.3, 0.4) is 0 Å². The minimum Gasteiger partial charge on any atom is -0.464 e. The summed E-state index contributed by atoms with van der Waals surface area (Å²) in [6.07, 6.45) is 0. The van der Waals surface area contributed by atoms with E-state index >= 15 is 0 Å². The van der Waals surface area contributed by atoms with Gasteiger partial charge in [0.1, 0.15) is 10.9 Å². The van der Waals surface area contributed by atoms with E-state index in [1.165, 1.54) is 18.2 Å². The highest BCUT2D eigenvalue weighted by atomic mass is 31.2. The standard InChI is InChI=1S/C17H22N2O10P2/c1-6-28-17-15(14(31(23,26-4)27-5)11-30(22,24-2)25-3)18-16(29-17)12-9-7-8-10-13(12)19(20)21/h7-11H,6H2,1-5H3/b14-11-. The van der Waals surface area contributed by atoms with Crippen LogP contribution in [0.2, 0.25) is 0 Å². The van der Waals surface area contributed by atoms with Crippen molar-refractivity contribution in [3.63, 3.8) is 0 Å². The second kappa shape index (κ2) is 10.3. The quantitative estimate of drug-likeness (QED) is 0.247. The molecule has 0 radical (unpaired) electrons. The average molecular weight is 476 g/mol. The molecule has 31 heavy (non-hydrogen) atoms. The Labute approximate surface area is 178 Å². The molecule has 2 aromatic rings. The highest BCUT2D eigenvalue weighted by Gasteiger charge is 2.38. The van der Waals surface area contributed by atoms with Crippen LogP contribution in [-0.4, -0.2) is 45.0 Å². The molecule has 14 heteroatoms. The van der Waals surface area contributed by atoms with E-state index in [-0.39, 0.29) is 40.7 Å². The van der Waals surface area contributed by atoms with Crippen LogP contribution in [-0.2, 0) is 27.2 Å². The van der Waals surface area contributed by atoms with Crippen LogP contribution in [0.5, 0.6) is 5.95 Å². The van der Waals surface area contributed by atoms with Gasteiger partial charge in [0.05, 0.1) is 11.5 Å². The molecule has 12 nitrogen and oxygen atoms in total. The fraction of sp³-hybridized carbons (Fsp3) is 0.353. The van der Waals surface area contributed by atoms with Gasteiger partial charge in [0.15, 0.2) is 5.69 Å². The number of hydrogen-bond donors (Lipinski definition) is 0. The van der Waals surface area contributed by atoms with Gasteiger partial charge in [0.25, 0.3) is 5.69 Å². The van der Waals surface area contributed by atoms with Crippen molar-refractivity contribution < 1.29 is 41.3 Å². The lowest BCUT2D eigenvalue weighted by Crippen LogP contribution is -1.99. The first-order valence-corrected chi connectivity index (χ1v) is 11.9. The maximum Gasteiger partial charge on any atom is 0.363 e. The van der Waals surface area contributed by atoms with Crippen molar-refractivity contribution in [1.82, 2.24) is 4.98 Å². The predicted molar refractivity (Wildman–Crippen MR) is 111 cm³/mol. The van der Waals surface area contributed by atoms with E-state index < -0.39 is 20.1 Å². The van der Waals surface area contributed by atoms with Crippen LogP contribution in [0.1, 0.15) is 12.6 Å². The summed E-state index contributed by atoms with van der Waals surface area (Å²) in [4.78, 5) is 15.0. The Morgan fingerprint density at radius 3 is 2.26 bits per heavy atom. The molecule has 0 atom stereocenters. The van der Waals surface area contributed by atoms with Crippen molar-refractivity contribution in [3.8, 4) is 17.4 Å². The summed E-state index contributed by atoms with van der Waals surface area (Å²) in [5, 5.41) is 11.1. The van der Waals surface area contributed by atoms with Gasteiger partial charge in [-0.25, -0.2) is 4.98 Å². The van der Waals surface area contributed by atoms with E-state index in [4.69, 9.17) is 27.2 Å². The zero-order valence-corrected chi connectivity index (χ0v) is 19.3. The van der Waals surface area contributed by atoms with Gasteiger partial charge in [-0.2, -0.15) is 0 Å². The Hall–Kier alpha value is -2.33. The van der Waals surface area contributed by atoms with E-state index in [1.807, 2.05) is 0 Å². The summed E-state index contributed by atoms with van der Waals surface area (Å²) in [5.74, 6) is 0.486. The Kier molecular flexibility index (Phi) is 8.30. The number of rotatable bonds is 11. The van der Waals surface area contributed by atoms with Crippen molar-refractivity contribution in [2.24, 2.45) is 0 Å². The van der Waals surface area contributed by atoms with Crippen LogP contribution in [0, 0.1) is 10.1 Å². The molecule has 0 aliphatic carbocycles. The molecular weight excluding hydrogens is 454 g/mol. The maximum absolute atomic E-state index is 13.2. The topological polar surface area (TPSA) is 149 Å². The summed E-state index contributed by atoms with van der Waals surface area (Å²) >= 11 is 0. The highest BCUT2D eigenvalue weighted by Crippen LogP contribution is 2.65. The molecule has 0 N–H and O–H groups in total. The zero-order valence-electron chi connectivity index (χ0n) is 17.5. The highest BCUT2D eigenvalue weighted by molar-refractivity contribution is 7.67. The molecule has 0 spiro atoms. The molecule has 0 fully saturated rings. The van der Waals surface area contributed by atoms with Crippen molar-refractivity contribution >= 4 is 26.2 Å². The summed E-state index contributed by atoms with van der Waals surface area (Å²) in [5.41, 5.74) is -0.424. The molecule has 2 rings (SSSR count). The lowest BCUT2D eigenvalue weighted by molar-refractivity contribution is -0.384. The van der Waals surface area contributed by atoms with E-state index in [0.29, 0.717) is 0 Å². The van der Waals surface area contributed by atoms with Crippen LogP contribution in [0.25, 0.3) is 16.8 Å². The fourth-order valence-electron chi connectivity index (χ4n) is 2.49. The largest absolute Gasteiger partial charge is 0.464 e.